The molecule has 0 saturated heterocycles. The zero-order valence-electron chi connectivity index (χ0n) is 7.92. The van der Waals surface area contributed by atoms with Crippen molar-refractivity contribution in [3.63, 3.8) is 0 Å². The van der Waals surface area contributed by atoms with E-state index in [9.17, 15) is 4.79 Å². The van der Waals surface area contributed by atoms with Crippen molar-refractivity contribution in [2.24, 2.45) is 5.73 Å². The highest BCUT2D eigenvalue weighted by Gasteiger charge is 2.09. The monoisotopic (exact) mass is 178 g/mol. The fourth-order valence-corrected chi connectivity index (χ4v) is 1.40. The lowest BCUT2D eigenvalue weighted by Crippen LogP contribution is -2.14. The lowest BCUT2D eigenvalue weighted by molar-refractivity contribution is 0.100. The van der Waals surface area contributed by atoms with Crippen LogP contribution in [0.25, 0.3) is 0 Å². The van der Waals surface area contributed by atoms with Gasteiger partial charge in [-0.05, 0) is 18.1 Å². The van der Waals surface area contributed by atoms with Gasteiger partial charge in [0.1, 0.15) is 0 Å². The molecule has 0 spiro atoms. The third kappa shape index (κ3) is 1.80. The van der Waals surface area contributed by atoms with Crippen LogP contribution in [0.2, 0.25) is 0 Å². The Labute approximate surface area is 77.9 Å². The number of nitrogens with one attached hydrogen (secondary N) is 1. The number of primary amides is 1. The van der Waals surface area contributed by atoms with E-state index in [1.54, 1.807) is 13.1 Å². The van der Waals surface area contributed by atoms with E-state index in [0.29, 0.717) is 5.56 Å². The second-order valence-corrected chi connectivity index (χ2v) is 2.81. The molecule has 0 aliphatic rings. The summed E-state index contributed by atoms with van der Waals surface area (Å²) < 4.78 is 0. The molecule has 1 amide bonds. The molecule has 0 radical (unpaired) electrons. The number of nitrogens with two attached hydrogens (primary N) is 1. The standard InChI is InChI=1S/C10H14N2O/c1-3-7-5-4-6-8(10(11)13)9(7)12-2/h4-6,12H,3H2,1-2H3,(H2,11,13). The predicted molar refractivity (Wildman–Crippen MR) is 53.9 cm³/mol. The molecule has 70 valence electrons. The quantitative estimate of drug-likeness (QED) is 0.734. The summed E-state index contributed by atoms with van der Waals surface area (Å²) in [6, 6.07) is 5.56. The molecule has 0 unspecified atom stereocenters. The summed E-state index contributed by atoms with van der Waals surface area (Å²) in [5, 5.41) is 3.00. The number of para-hydroxylation sites is 1. The SMILES string of the molecule is CCc1cccc(C(N)=O)c1NC. The molecule has 0 atom stereocenters. The molecular weight excluding hydrogens is 164 g/mol. The van der Waals surface area contributed by atoms with Crippen LogP contribution in [0.5, 0.6) is 0 Å². The first kappa shape index (κ1) is 9.58. The molecule has 1 aromatic carbocycles. The van der Waals surface area contributed by atoms with Gasteiger partial charge in [0, 0.05) is 12.7 Å². The van der Waals surface area contributed by atoms with E-state index < -0.39 is 0 Å². The van der Waals surface area contributed by atoms with Gasteiger partial charge in [0.2, 0.25) is 0 Å². The Kier molecular flexibility index (Phi) is 2.90. The molecule has 0 aliphatic carbocycles. The number of rotatable bonds is 3. The highest BCUT2D eigenvalue weighted by atomic mass is 16.1. The minimum absolute atomic E-state index is 0.389. The van der Waals surface area contributed by atoms with Gasteiger partial charge in [-0.1, -0.05) is 19.1 Å². The van der Waals surface area contributed by atoms with Gasteiger partial charge >= 0.3 is 0 Å². The molecule has 0 bridgehead atoms. The average molecular weight is 178 g/mol. The van der Waals surface area contributed by atoms with Crippen LogP contribution < -0.4 is 11.1 Å². The maximum Gasteiger partial charge on any atom is 0.250 e. The van der Waals surface area contributed by atoms with Crippen LogP contribution in [0, 0.1) is 0 Å². The number of benzene rings is 1. The molecule has 13 heavy (non-hydrogen) atoms. The highest BCUT2D eigenvalue weighted by molar-refractivity contribution is 5.99. The van der Waals surface area contributed by atoms with E-state index in [-0.39, 0.29) is 5.91 Å². The lowest BCUT2D eigenvalue weighted by Gasteiger charge is -2.10. The number of hydrogen-bond acceptors (Lipinski definition) is 2. The Hall–Kier alpha value is -1.51. The van der Waals surface area contributed by atoms with Crippen LogP contribution in [0.1, 0.15) is 22.8 Å². The summed E-state index contributed by atoms with van der Waals surface area (Å²) in [5.74, 6) is -0.389. The normalized spacial score (nSPS) is 9.69. The Balaban J connectivity index is 3.27. The van der Waals surface area contributed by atoms with Crippen molar-refractivity contribution in [2.75, 3.05) is 12.4 Å². The van der Waals surface area contributed by atoms with Crippen LogP contribution in [-0.4, -0.2) is 13.0 Å². The van der Waals surface area contributed by atoms with E-state index in [0.717, 1.165) is 17.7 Å². The molecule has 0 aliphatic heterocycles. The van der Waals surface area contributed by atoms with Crippen molar-refractivity contribution >= 4 is 11.6 Å². The Morgan fingerprint density at radius 1 is 1.54 bits per heavy atom. The molecule has 0 fully saturated rings. The number of amides is 1. The number of carbonyl (C=O) groups is 1. The topological polar surface area (TPSA) is 55.1 Å². The zero-order chi connectivity index (χ0) is 9.84. The van der Waals surface area contributed by atoms with Gasteiger partial charge in [0.25, 0.3) is 5.91 Å². The third-order valence-corrected chi connectivity index (χ3v) is 2.05. The molecule has 0 aromatic heterocycles. The summed E-state index contributed by atoms with van der Waals surface area (Å²) in [5.41, 5.74) is 7.75. The van der Waals surface area contributed by atoms with Crippen molar-refractivity contribution in [1.82, 2.24) is 0 Å². The zero-order valence-corrected chi connectivity index (χ0v) is 7.92. The maximum atomic E-state index is 11.0. The second-order valence-electron chi connectivity index (χ2n) is 2.81. The van der Waals surface area contributed by atoms with Crippen molar-refractivity contribution in [1.29, 1.82) is 0 Å². The minimum Gasteiger partial charge on any atom is -0.387 e. The molecule has 3 nitrogen and oxygen atoms in total. The largest absolute Gasteiger partial charge is 0.387 e. The van der Waals surface area contributed by atoms with Gasteiger partial charge < -0.3 is 11.1 Å². The summed E-state index contributed by atoms with van der Waals surface area (Å²) in [7, 11) is 1.79. The second kappa shape index (κ2) is 3.94. The van der Waals surface area contributed by atoms with Crippen molar-refractivity contribution in [3.8, 4) is 0 Å². The van der Waals surface area contributed by atoms with Gasteiger partial charge in [-0.15, -0.1) is 0 Å². The van der Waals surface area contributed by atoms with Gasteiger partial charge in [-0.25, -0.2) is 0 Å². The van der Waals surface area contributed by atoms with Crippen LogP contribution in [0.3, 0.4) is 0 Å². The molecule has 0 saturated carbocycles. The Morgan fingerprint density at radius 3 is 2.69 bits per heavy atom. The molecule has 1 rings (SSSR count). The molecular formula is C10H14N2O. The number of aryl methyl sites for hydroxylation is 1. The minimum atomic E-state index is -0.389. The van der Waals surface area contributed by atoms with Gasteiger partial charge in [-0.2, -0.15) is 0 Å². The summed E-state index contributed by atoms with van der Waals surface area (Å²) in [6.07, 6.45) is 0.886. The number of anilines is 1. The summed E-state index contributed by atoms with van der Waals surface area (Å²) in [4.78, 5) is 11.0. The smallest absolute Gasteiger partial charge is 0.250 e. The van der Waals surface area contributed by atoms with Crippen LogP contribution in [-0.2, 0) is 6.42 Å². The number of carbonyl (C=O) groups excluding carboxylic acids is 1. The Bertz CT molecular complexity index is 321. The fourth-order valence-electron chi connectivity index (χ4n) is 1.40. The van der Waals surface area contributed by atoms with E-state index in [2.05, 4.69) is 5.32 Å². The number of hydrogen-bond donors (Lipinski definition) is 2. The van der Waals surface area contributed by atoms with Gasteiger partial charge in [0.05, 0.1) is 5.56 Å². The first-order chi connectivity index (χ1) is 6.20. The van der Waals surface area contributed by atoms with E-state index in [1.807, 2.05) is 19.1 Å². The van der Waals surface area contributed by atoms with Crippen LogP contribution in [0.4, 0.5) is 5.69 Å². The van der Waals surface area contributed by atoms with E-state index in [1.165, 1.54) is 0 Å². The molecule has 1 aromatic rings. The van der Waals surface area contributed by atoms with E-state index in [4.69, 9.17) is 5.73 Å². The van der Waals surface area contributed by atoms with Crippen LogP contribution >= 0.6 is 0 Å². The average Bonchev–Trinajstić information content (AvgIpc) is 2.16. The van der Waals surface area contributed by atoms with Crippen molar-refractivity contribution in [2.45, 2.75) is 13.3 Å². The fraction of sp³-hybridized carbons (Fsp3) is 0.300. The summed E-state index contributed by atoms with van der Waals surface area (Å²) in [6.45, 7) is 2.04. The summed E-state index contributed by atoms with van der Waals surface area (Å²) >= 11 is 0. The first-order valence-electron chi connectivity index (χ1n) is 4.30. The van der Waals surface area contributed by atoms with Gasteiger partial charge in [0.15, 0.2) is 0 Å². The van der Waals surface area contributed by atoms with Crippen molar-refractivity contribution in [3.05, 3.63) is 29.3 Å². The predicted octanol–water partition coefficient (Wildman–Crippen LogP) is 1.39. The highest BCUT2D eigenvalue weighted by Crippen LogP contribution is 2.20. The maximum absolute atomic E-state index is 11.0. The lowest BCUT2D eigenvalue weighted by atomic mass is 10.0. The molecule has 3 heteroatoms. The third-order valence-electron chi connectivity index (χ3n) is 2.05. The van der Waals surface area contributed by atoms with Crippen LogP contribution in [0.15, 0.2) is 18.2 Å². The Morgan fingerprint density at radius 2 is 2.23 bits per heavy atom. The van der Waals surface area contributed by atoms with Crippen molar-refractivity contribution < 1.29 is 4.79 Å². The van der Waals surface area contributed by atoms with E-state index >= 15 is 0 Å². The first-order valence-corrected chi connectivity index (χ1v) is 4.30. The molecule has 3 N–H and O–H groups in total. The molecule has 0 heterocycles. The van der Waals surface area contributed by atoms with Gasteiger partial charge in [-0.3, -0.25) is 4.79 Å².